The van der Waals surface area contributed by atoms with Crippen LogP contribution in [0.1, 0.15) is 67.2 Å². The number of piperidine rings is 1. The van der Waals surface area contributed by atoms with Crippen LogP contribution in [0.4, 0.5) is 0 Å². The first-order valence-electron chi connectivity index (χ1n) is 11.7. The molecule has 0 aliphatic carbocycles. The van der Waals surface area contributed by atoms with Crippen molar-refractivity contribution in [2.24, 2.45) is 0 Å². The largest absolute Gasteiger partial charge is 0.493 e. The molecule has 5 rings (SSSR count). The van der Waals surface area contributed by atoms with Gasteiger partial charge in [0.1, 0.15) is 5.75 Å². The smallest absolute Gasteiger partial charge is 0.123 e. The van der Waals surface area contributed by atoms with Gasteiger partial charge in [0.05, 0.1) is 6.61 Å². The third kappa shape index (κ3) is 4.08. The number of benzene rings is 2. The monoisotopic (exact) mass is 390 g/mol. The van der Waals surface area contributed by atoms with Crippen LogP contribution in [0.2, 0.25) is 0 Å². The lowest BCUT2D eigenvalue weighted by Crippen LogP contribution is -2.35. The minimum atomic E-state index is 0.416. The van der Waals surface area contributed by atoms with Crippen molar-refractivity contribution in [2.45, 2.75) is 50.5 Å². The summed E-state index contributed by atoms with van der Waals surface area (Å²) in [5.74, 6) is 1.54. The van der Waals surface area contributed by atoms with Gasteiger partial charge < -0.3 is 9.64 Å². The molecule has 0 bridgehead atoms. The molecule has 2 atom stereocenters. The fourth-order valence-corrected chi connectivity index (χ4v) is 5.68. The Hall–Kier alpha value is -1.84. The predicted molar refractivity (Wildman–Crippen MR) is 119 cm³/mol. The lowest BCUT2D eigenvalue weighted by Gasteiger charge is -2.38. The Morgan fingerprint density at radius 2 is 1.72 bits per heavy atom. The number of fused-ring (bicyclic) bond motifs is 3. The molecule has 3 aliphatic rings. The standard InChI is InChI=1S/C26H34N2O/c1-3-10-21(11-4-1)23-20-28-18-8-13-24(28)22-12-7-14-25(26(22)23)29-19-9-17-27-15-5-2-6-16-27/h1,3-4,7,10-12,14,23-24H,2,5-6,8-9,13,15-20H2/t23-,24+/m0/s1. The third-order valence-electron chi connectivity index (χ3n) is 7.11. The van der Waals surface area contributed by atoms with Crippen molar-refractivity contribution >= 4 is 0 Å². The number of rotatable bonds is 6. The quantitative estimate of drug-likeness (QED) is 0.629. The van der Waals surface area contributed by atoms with E-state index in [9.17, 15) is 0 Å². The molecular formula is C26H34N2O. The Balaban J connectivity index is 1.35. The van der Waals surface area contributed by atoms with Crippen molar-refractivity contribution in [3.8, 4) is 5.75 Å². The van der Waals surface area contributed by atoms with E-state index < -0.39 is 0 Å². The Morgan fingerprint density at radius 1 is 0.862 bits per heavy atom. The van der Waals surface area contributed by atoms with Gasteiger partial charge in [0.25, 0.3) is 0 Å². The molecule has 3 nitrogen and oxygen atoms in total. The molecule has 0 radical (unpaired) electrons. The molecule has 2 aromatic carbocycles. The van der Waals surface area contributed by atoms with Gasteiger partial charge in [0.2, 0.25) is 0 Å². The maximum Gasteiger partial charge on any atom is 0.123 e. The molecule has 0 N–H and O–H groups in total. The first-order chi connectivity index (χ1) is 14.4. The van der Waals surface area contributed by atoms with Crippen molar-refractivity contribution in [3.63, 3.8) is 0 Å². The van der Waals surface area contributed by atoms with Crippen molar-refractivity contribution < 1.29 is 4.74 Å². The molecule has 3 heterocycles. The van der Waals surface area contributed by atoms with Crippen LogP contribution in [0.3, 0.4) is 0 Å². The lowest BCUT2D eigenvalue weighted by atomic mass is 9.81. The first kappa shape index (κ1) is 19.1. The van der Waals surface area contributed by atoms with Crippen molar-refractivity contribution in [2.75, 3.05) is 39.3 Å². The van der Waals surface area contributed by atoms with Gasteiger partial charge in [-0.2, -0.15) is 0 Å². The van der Waals surface area contributed by atoms with Gasteiger partial charge in [0, 0.05) is 30.6 Å². The zero-order valence-corrected chi connectivity index (χ0v) is 17.6. The highest BCUT2D eigenvalue weighted by Crippen LogP contribution is 2.47. The summed E-state index contributed by atoms with van der Waals surface area (Å²) < 4.78 is 6.45. The van der Waals surface area contributed by atoms with Gasteiger partial charge in [-0.05, 0) is 68.9 Å². The third-order valence-corrected chi connectivity index (χ3v) is 7.11. The molecule has 29 heavy (non-hydrogen) atoms. The van der Waals surface area contributed by atoms with Gasteiger partial charge in [-0.1, -0.05) is 48.9 Å². The van der Waals surface area contributed by atoms with Gasteiger partial charge in [-0.15, -0.1) is 0 Å². The molecule has 0 saturated carbocycles. The molecule has 2 fully saturated rings. The van der Waals surface area contributed by atoms with E-state index in [2.05, 4.69) is 58.3 Å². The van der Waals surface area contributed by atoms with Gasteiger partial charge in [-0.3, -0.25) is 4.90 Å². The fourth-order valence-electron chi connectivity index (χ4n) is 5.68. The number of ether oxygens (including phenoxy) is 1. The highest BCUT2D eigenvalue weighted by atomic mass is 16.5. The van der Waals surface area contributed by atoms with E-state index in [0.717, 1.165) is 25.3 Å². The van der Waals surface area contributed by atoms with Crippen LogP contribution in [0.25, 0.3) is 0 Å². The predicted octanol–water partition coefficient (Wildman–Crippen LogP) is 5.22. The summed E-state index contributed by atoms with van der Waals surface area (Å²) in [5.41, 5.74) is 4.39. The summed E-state index contributed by atoms with van der Waals surface area (Å²) in [6, 6.07) is 18.4. The molecule has 0 amide bonds. The van der Waals surface area contributed by atoms with Crippen LogP contribution < -0.4 is 4.74 Å². The number of nitrogens with zero attached hydrogens (tertiary/aromatic N) is 2. The molecule has 154 valence electrons. The van der Waals surface area contributed by atoms with E-state index in [1.54, 1.807) is 0 Å². The van der Waals surface area contributed by atoms with Crippen LogP contribution in [-0.2, 0) is 0 Å². The van der Waals surface area contributed by atoms with Gasteiger partial charge in [0.15, 0.2) is 0 Å². The molecule has 3 heteroatoms. The summed E-state index contributed by atoms with van der Waals surface area (Å²) in [7, 11) is 0. The van der Waals surface area contributed by atoms with Gasteiger partial charge >= 0.3 is 0 Å². The molecular weight excluding hydrogens is 356 g/mol. The molecule has 2 saturated heterocycles. The summed E-state index contributed by atoms with van der Waals surface area (Å²) in [6.07, 6.45) is 7.85. The van der Waals surface area contributed by atoms with Crippen LogP contribution in [0.5, 0.6) is 5.75 Å². The normalized spacial score (nSPS) is 24.8. The maximum atomic E-state index is 6.45. The summed E-state index contributed by atoms with van der Waals surface area (Å²) in [6.45, 7) is 6.89. The zero-order chi connectivity index (χ0) is 19.5. The SMILES string of the molecule is c1ccc([C@@H]2CN3CCC[C@@H]3c3cccc(OCCCN4CCCCC4)c32)cc1. The van der Waals surface area contributed by atoms with Crippen LogP contribution in [0, 0.1) is 0 Å². The number of hydrogen-bond acceptors (Lipinski definition) is 3. The average Bonchev–Trinajstić information content (AvgIpc) is 3.26. The average molecular weight is 391 g/mol. The van der Waals surface area contributed by atoms with Crippen LogP contribution in [0.15, 0.2) is 48.5 Å². The van der Waals surface area contributed by atoms with Crippen molar-refractivity contribution in [1.29, 1.82) is 0 Å². The Labute approximate surface area is 175 Å². The molecule has 3 aliphatic heterocycles. The lowest BCUT2D eigenvalue weighted by molar-refractivity contribution is 0.200. The van der Waals surface area contributed by atoms with Crippen LogP contribution in [-0.4, -0.2) is 49.1 Å². The minimum Gasteiger partial charge on any atom is -0.493 e. The Kier molecular flexibility index (Phi) is 5.87. The van der Waals surface area contributed by atoms with E-state index in [1.807, 2.05) is 0 Å². The highest BCUT2D eigenvalue weighted by Gasteiger charge is 2.38. The summed E-state index contributed by atoms with van der Waals surface area (Å²) in [5, 5.41) is 0. The Bertz CT molecular complexity index is 800. The van der Waals surface area contributed by atoms with E-state index in [1.165, 1.54) is 75.0 Å². The summed E-state index contributed by atoms with van der Waals surface area (Å²) >= 11 is 0. The highest BCUT2D eigenvalue weighted by molar-refractivity contribution is 5.50. The van der Waals surface area contributed by atoms with Gasteiger partial charge in [-0.25, -0.2) is 0 Å². The summed E-state index contributed by atoms with van der Waals surface area (Å²) in [4.78, 5) is 5.30. The van der Waals surface area contributed by atoms with Crippen molar-refractivity contribution in [1.82, 2.24) is 9.80 Å². The minimum absolute atomic E-state index is 0.416. The van der Waals surface area contributed by atoms with E-state index >= 15 is 0 Å². The second-order valence-electron chi connectivity index (χ2n) is 8.98. The van der Waals surface area contributed by atoms with E-state index in [0.29, 0.717) is 12.0 Å². The molecule has 2 aromatic rings. The van der Waals surface area contributed by atoms with Crippen molar-refractivity contribution in [3.05, 3.63) is 65.2 Å². The fraction of sp³-hybridized carbons (Fsp3) is 0.538. The van der Waals surface area contributed by atoms with E-state index in [4.69, 9.17) is 4.74 Å². The topological polar surface area (TPSA) is 15.7 Å². The first-order valence-corrected chi connectivity index (χ1v) is 11.7. The zero-order valence-electron chi connectivity index (χ0n) is 17.6. The van der Waals surface area contributed by atoms with E-state index in [-0.39, 0.29) is 0 Å². The second kappa shape index (κ2) is 8.89. The van der Waals surface area contributed by atoms with Crippen LogP contribution >= 0.6 is 0 Å². The maximum absolute atomic E-state index is 6.45. The molecule has 0 spiro atoms. The molecule has 0 unspecified atom stereocenters. The number of hydrogen-bond donors (Lipinski definition) is 0. The second-order valence-corrected chi connectivity index (χ2v) is 8.98. The molecule has 0 aromatic heterocycles. The number of likely N-dealkylation sites (tertiary alicyclic amines) is 1. The Morgan fingerprint density at radius 3 is 2.59 bits per heavy atom.